The maximum absolute atomic E-state index is 11.2. The highest BCUT2D eigenvalue weighted by atomic mass is 32.1. The third kappa shape index (κ3) is 6.19. The Morgan fingerprint density at radius 3 is 2.33 bits per heavy atom. The Morgan fingerprint density at radius 1 is 1.47 bits per heavy atom. The molecule has 0 spiro atoms. The van der Waals surface area contributed by atoms with Crippen molar-refractivity contribution >= 4 is 24.7 Å². The molecule has 0 aromatic heterocycles. The van der Waals surface area contributed by atoms with Crippen LogP contribution in [0.4, 0.5) is 4.79 Å². The third-order valence-corrected chi connectivity index (χ3v) is 1.64. The van der Waals surface area contributed by atoms with Crippen LogP contribution in [-0.4, -0.2) is 29.5 Å². The first-order valence-corrected chi connectivity index (χ1v) is 4.94. The number of nitrogens with one attached hydrogen (secondary N) is 1. The maximum Gasteiger partial charge on any atom is 0.408 e. The van der Waals surface area contributed by atoms with Gasteiger partial charge in [-0.2, -0.15) is 18.5 Å². The molecule has 1 amide bonds. The monoisotopic (exact) mass is 236 g/mol. The van der Waals surface area contributed by atoms with Crippen LogP contribution in [0.3, 0.4) is 0 Å². The van der Waals surface area contributed by atoms with E-state index in [0.717, 1.165) is 0 Å². The van der Waals surface area contributed by atoms with Crippen molar-refractivity contribution < 1.29 is 19.2 Å². The van der Waals surface area contributed by atoms with Crippen LogP contribution in [0.15, 0.2) is 0 Å². The fraction of sp³-hybridized carbons (Fsp3) is 0.750. The Kier molecular flexibility index (Phi) is 5.45. The molecule has 0 heterocycles. The summed E-state index contributed by atoms with van der Waals surface area (Å²) in [6.45, 7) is 5.14. The van der Waals surface area contributed by atoms with Gasteiger partial charge in [-0.1, -0.05) is 0 Å². The number of alkyl carbamates (subject to hydrolysis) is 1. The van der Waals surface area contributed by atoms with Gasteiger partial charge in [0.25, 0.3) is 0 Å². The van der Waals surface area contributed by atoms with Crippen molar-refractivity contribution in [3.8, 4) is 0 Å². The van der Waals surface area contributed by atoms with Crippen molar-refractivity contribution in [2.45, 2.75) is 32.4 Å². The summed E-state index contributed by atoms with van der Waals surface area (Å²) in [7, 11) is 0. The van der Waals surface area contributed by atoms with E-state index in [0.29, 0.717) is 0 Å². The second kappa shape index (κ2) is 5.82. The lowest BCUT2D eigenvalue weighted by atomic mass is 10.2. The van der Waals surface area contributed by atoms with Gasteiger partial charge in [0.2, 0.25) is 0 Å². The molecule has 0 aromatic carbocycles. The van der Waals surface area contributed by atoms with Crippen LogP contribution < -0.4 is 11.2 Å². The summed E-state index contributed by atoms with van der Waals surface area (Å²) in [6.07, 6.45) is -0.716. The normalized spacial score (nSPS) is 12.9. The van der Waals surface area contributed by atoms with Gasteiger partial charge in [0, 0.05) is 5.75 Å². The molecule has 0 aliphatic rings. The first kappa shape index (κ1) is 14.1. The van der Waals surface area contributed by atoms with Crippen molar-refractivity contribution in [2.75, 3.05) is 5.75 Å². The standard InChI is InChI=1S/C8H16N2O4S/c1-8(2,3)13-7(12)10-5(4-15)6(11)14-9/h5,15H,4,9H2,1-3H3,(H,10,12). The maximum atomic E-state index is 11.2. The van der Waals surface area contributed by atoms with E-state index in [1.54, 1.807) is 20.8 Å². The summed E-state index contributed by atoms with van der Waals surface area (Å²) in [5.41, 5.74) is -0.627. The highest BCUT2D eigenvalue weighted by molar-refractivity contribution is 7.80. The average molecular weight is 236 g/mol. The molecular formula is C8H16N2O4S. The lowest BCUT2D eigenvalue weighted by molar-refractivity contribution is -0.146. The molecular weight excluding hydrogens is 220 g/mol. The Balaban J connectivity index is 4.20. The van der Waals surface area contributed by atoms with E-state index in [-0.39, 0.29) is 5.75 Å². The summed E-state index contributed by atoms with van der Waals surface area (Å²) in [5, 5.41) is 2.28. The molecule has 0 aromatic rings. The number of nitrogens with two attached hydrogens (primary N) is 1. The van der Waals surface area contributed by atoms with E-state index in [1.165, 1.54) is 0 Å². The van der Waals surface area contributed by atoms with Crippen molar-refractivity contribution in [1.82, 2.24) is 5.32 Å². The zero-order chi connectivity index (χ0) is 12.1. The minimum atomic E-state index is -0.909. The van der Waals surface area contributed by atoms with Gasteiger partial charge >= 0.3 is 12.1 Å². The van der Waals surface area contributed by atoms with Gasteiger partial charge in [-0.15, -0.1) is 0 Å². The SMILES string of the molecule is CC(C)(C)OC(=O)NC(CS)C(=O)ON. The Bertz CT molecular complexity index is 239. The van der Waals surface area contributed by atoms with Crippen molar-refractivity contribution in [2.24, 2.45) is 5.90 Å². The van der Waals surface area contributed by atoms with E-state index >= 15 is 0 Å². The van der Waals surface area contributed by atoms with Crippen LogP contribution in [-0.2, 0) is 14.4 Å². The van der Waals surface area contributed by atoms with Gasteiger partial charge in [-0.3, -0.25) is 0 Å². The third-order valence-electron chi connectivity index (χ3n) is 1.27. The van der Waals surface area contributed by atoms with Gasteiger partial charge in [-0.05, 0) is 20.8 Å². The molecule has 0 aliphatic carbocycles. The largest absolute Gasteiger partial charge is 0.444 e. The molecule has 0 fully saturated rings. The zero-order valence-electron chi connectivity index (χ0n) is 8.94. The smallest absolute Gasteiger partial charge is 0.408 e. The topological polar surface area (TPSA) is 90.6 Å². The number of carbonyl (C=O) groups excluding carboxylic acids is 2. The minimum absolute atomic E-state index is 0.0786. The second-order valence-corrected chi connectivity index (χ2v) is 4.18. The Labute approximate surface area is 93.8 Å². The van der Waals surface area contributed by atoms with Gasteiger partial charge in [0.15, 0.2) is 0 Å². The summed E-state index contributed by atoms with van der Waals surface area (Å²) in [5.74, 6) is 3.99. The van der Waals surface area contributed by atoms with Crippen LogP contribution in [0, 0.1) is 0 Å². The minimum Gasteiger partial charge on any atom is -0.444 e. The summed E-state index contributed by atoms with van der Waals surface area (Å²) in [4.78, 5) is 26.2. The predicted octanol–water partition coefficient (Wildman–Crippen LogP) is 0.226. The second-order valence-electron chi connectivity index (χ2n) is 3.82. The summed E-state index contributed by atoms with van der Waals surface area (Å²) in [6, 6.07) is -0.909. The average Bonchev–Trinajstić information content (AvgIpc) is 2.10. The molecule has 88 valence electrons. The quantitative estimate of drug-likeness (QED) is 0.482. The molecule has 0 saturated heterocycles. The number of hydrogen-bond donors (Lipinski definition) is 3. The molecule has 6 nitrogen and oxygen atoms in total. The number of hydrogen-bond acceptors (Lipinski definition) is 6. The number of thiol groups is 1. The van der Waals surface area contributed by atoms with Crippen LogP contribution in [0.2, 0.25) is 0 Å². The van der Waals surface area contributed by atoms with E-state index in [2.05, 4.69) is 28.7 Å². The van der Waals surface area contributed by atoms with E-state index in [9.17, 15) is 9.59 Å². The number of carbonyl (C=O) groups is 2. The van der Waals surface area contributed by atoms with Gasteiger partial charge in [0.05, 0.1) is 0 Å². The first-order chi connectivity index (χ1) is 6.80. The molecule has 0 bridgehead atoms. The lowest BCUT2D eigenvalue weighted by Gasteiger charge is -2.21. The highest BCUT2D eigenvalue weighted by Crippen LogP contribution is 2.07. The Morgan fingerprint density at radius 2 is 2.00 bits per heavy atom. The van der Waals surface area contributed by atoms with Crippen LogP contribution in [0.1, 0.15) is 20.8 Å². The molecule has 7 heteroatoms. The van der Waals surface area contributed by atoms with Crippen molar-refractivity contribution in [3.05, 3.63) is 0 Å². The molecule has 0 rings (SSSR count). The highest BCUT2D eigenvalue weighted by Gasteiger charge is 2.23. The van der Waals surface area contributed by atoms with E-state index in [1.807, 2.05) is 0 Å². The Hall–Kier alpha value is -0.950. The molecule has 0 aliphatic heterocycles. The fourth-order valence-electron chi connectivity index (χ4n) is 0.711. The predicted molar refractivity (Wildman–Crippen MR) is 57.3 cm³/mol. The molecule has 1 atom stereocenters. The first-order valence-electron chi connectivity index (χ1n) is 4.31. The zero-order valence-corrected chi connectivity index (χ0v) is 9.84. The van der Waals surface area contributed by atoms with Crippen LogP contribution in [0.5, 0.6) is 0 Å². The number of ether oxygens (including phenoxy) is 1. The van der Waals surface area contributed by atoms with Crippen molar-refractivity contribution in [3.63, 3.8) is 0 Å². The molecule has 15 heavy (non-hydrogen) atoms. The van der Waals surface area contributed by atoms with Crippen LogP contribution in [0.25, 0.3) is 0 Å². The summed E-state index contributed by atoms with van der Waals surface area (Å²) < 4.78 is 4.93. The molecule has 3 N–H and O–H groups in total. The molecule has 0 saturated carbocycles. The fourth-order valence-corrected chi connectivity index (χ4v) is 0.951. The molecule has 0 radical (unpaired) electrons. The molecule has 1 unspecified atom stereocenters. The van der Waals surface area contributed by atoms with Gasteiger partial charge in [0.1, 0.15) is 11.6 Å². The number of amides is 1. The summed E-state index contributed by atoms with van der Waals surface area (Å²) >= 11 is 3.87. The van der Waals surface area contributed by atoms with Gasteiger partial charge in [-0.25, -0.2) is 9.59 Å². The lowest BCUT2D eigenvalue weighted by Crippen LogP contribution is -2.46. The van der Waals surface area contributed by atoms with Crippen LogP contribution >= 0.6 is 12.6 Å². The number of rotatable bonds is 3. The van der Waals surface area contributed by atoms with Crippen molar-refractivity contribution in [1.29, 1.82) is 0 Å². The van der Waals surface area contributed by atoms with Gasteiger partial charge < -0.3 is 14.9 Å². The van der Waals surface area contributed by atoms with E-state index < -0.39 is 23.7 Å². The van der Waals surface area contributed by atoms with E-state index in [4.69, 9.17) is 4.74 Å².